The van der Waals surface area contributed by atoms with Crippen molar-refractivity contribution in [3.63, 3.8) is 0 Å². The molecule has 5 N–H and O–H groups in total. The van der Waals surface area contributed by atoms with Crippen LogP contribution in [0.2, 0.25) is 0 Å². The summed E-state index contributed by atoms with van der Waals surface area (Å²) in [6.45, 7) is 1.66. The number of nitrogens with two attached hydrogens (primary N) is 1. The summed E-state index contributed by atoms with van der Waals surface area (Å²) in [6.07, 6.45) is -1.01. The molecule has 0 spiro atoms. The molecule has 2 fully saturated rings. The topological polar surface area (TPSA) is 192 Å². The molecule has 0 heterocycles. The van der Waals surface area contributed by atoms with Crippen LogP contribution in [0.15, 0.2) is 48.5 Å². The van der Waals surface area contributed by atoms with Gasteiger partial charge in [0.15, 0.2) is 40.9 Å². The van der Waals surface area contributed by atoms with Crippen molar-refractivity contribution >= 4 is 46.1 Å². The molecule has 226 valence electrons. The molecule has 3 aliphatic rings. The minimum atomic E-state index is -3.07. The van der Waals surface area contributed by atoms with E-state index >= 15 is 0 Å². The second-order valence-corrected chi connectivity index (χ2v) is 12.2. The average molecular weight is 599 g/mol. The number of phenols is 1. The van der Waals surface area contributed by atoms with E-state index in [1.54, 1.807) is 43.3 Å². The summed E-state index contributed by atoms with van der Waals surface area (Å²) in [4.78, 5) is 80.6. The fourth-order valence-corrected chi connectivity index (χ4v) is 7.96. The summed E-state index contributed by atoms with van der Waals surface area (Å²) in [5.41, 5.74) is 4.03. The van der Waals surface area contributed by atoms with Gasteiger partial charge in [-0.25, -0.2) is 0 Å². The Hall–Kier alpha value is -4.58. The first kappa shape index (κ1) is 29.5. The van der Waals surface area contributed by atoms with Gasteiger partial charge in [-0.15, -0.1) is 0 Å². The fourth-order valence-electron chi connectivity index (χ4n) is 7.96. The predicted molar refractivity (Wildman–Crippen MR) is 156 cm³/mol. The number of primary amides is 1. The Morgan fingerprint density at radius 1 is 0.955 bits per heavy atom. The highest BCUT2D eigenvalue weighted by Crippen LogP contribution is 2.56. The number of hydrogen-bond acceptors (Lipinski definition) is 10. The van der Waals surface area contributed by atoms with Gasteiger partial charge in [0.25, 0.3) is 0 Å². The van der Waals surface area contributed by atoms with Crippen molar-refractivity contribution in [1.29, 1.82) is 0 Å². The van der Waals surface area contributed by atoms with E-state index in [-0.39, 0.29) is 5.56 Å². The molecule has 8 unspecified atom stereocenters. The van der Waals surface area contributed by atoms with Crippen molar-refractivity contribution < 1.29 is 44.1 Å². The van der Waals surface area contributed by atoms with Gasteiger partial charge in [0.1, 0.15) is 5.75 Å². The number of amides is 1. The molecule has 1 amide bonds. The van der Waals surface area contributed by atoms with Gasteiger partial charge < -0.3 is 21.1 Å². The molecule has 8 atom stereocenters. The molecule has 3 aromatic rings. The summed E-state index contributed by atoms with van der Waals surface area (Å²) in [7, 11) is 2.88. The quantitative estimate of drug-likeness (QED) is 0.249. The van der Waals surface area contributed by atoms with Gasteiger partial charge in [-0.2, -0.15) is 0 Å². The van der Waals surface area contributed by atoms with Gasteiger partial charge in [-0.3, -0.25) is 33.7 Å². The predicted octanol–water partition coefficient (Wildman–Crippen LogP) is 1.03. The Morgan fingerprint density at radius 3 is 2.20 bits per heavy atom. The number of aliphatic hydroxyl groups is 2. The highest BCUT2D eigenvalue weighted by atomic mass is 16.3. The molecule has 3 aliphatic carbocycles. The normalized spacial score (nSPS) is 31.5. The standard InChI is InChI=1S/C33H30N2O9/c1-13-20-18(17-9-8-14(12-36)15-6-4-5-7-16(15)17)10-11-19(37)22(20)27(38)23-21(13)28(39)25-26(35(2)3)29(40)24(32(34)43)31(42)33(25,44)30(23)41/h4-13,21,23-26,28,37,39,44H,1-3H3,(H2,34,43). The summed E-state index contributed by atoms with van der Waals surface area (Å²) < 4.78 is 0. The molecule has 2 saturated carbocycles. The zero-order valence-electron chi connectivity index (χ0n) is 24.1. The van der Waals surface area contributed by atoms with Crippen LogP contribution in [0.1, 0.15) is 39.1 Å². The van der Waals surface area contributed by atoms with E-state index in [0.29, 0.717) is 33.0 Å². The van der Waals surface area contributed by atoms with E-state index in [1.807, 2.05) is 6.07 Å². The first-order valence-corrected chi connectivity index (χ1v) is 14.1. The minimum Gasteiger partial charge on any atom is -0.507 e. The molecule has 11 heteroatoms. The van der Waals surface area contributed by atoms with Crippen molar-refractivity contribution in [2.45, 2.75) is 30.6 Å². The molecule has 0 saturated heterocycles. The third-order valence-corrected chi connectivity index (χ3v) is 9.84. The van der Waals surface area contributed by atoms with E-state index < -0.39 is 82.1 Å². The average Bonchev–Trinajstić information content (AvgIpc) is 2.98. The highest BCUT2D eigenvalue weighted by Gasteiger charge is 2.73. The largest absolute Gasteiger partial charge is 0.507 e. The molecule has 11 nitrogen and oxygen atoms in total. The maximum absolute atomic E-state index is 14.2. The molecule has 3 aromatic carbocycles. The van der Waals surface area contributed by atoms with Gasteiger partial charge >= 0.3 is 0 Å². The van der Waals surface area contributed by atoms with Crippen molar-refractivity contribution in [1.82, 2.24) is 4.90 Å². The van der Waals surface area contributed by atoms with E-state index in [4.69, 9.17) is 5.73 Å². The lowest BCUT2D eigenvalue weighted by molar-refractivity contribution is -0.196. The van der Waals surface area contributed by atoms with Crippen LogP contribution in [0.5, 0.6) is 5.75 Å². The maximum atomic E-state index is 14.2. The first-order chi connectivity index (χ1) is 20.8. The number of aromatic hydroxyl groups is 1. The second kappa shape index (κ2) is 9.98. The van der Waals surface area contributed by atoms with Crippen LogP contribution in [0.4, 0.5) is 0 Å². The smallest absolute Gasteiger partial charge is 0.235 e. The fraction of sp³-hybridized carbons (Fsp3) is 0.333. The van der Waals surface area contributed by atoms with Crippen LogP contribution in [-0.4, -0.2) is 87.4 Å². The SMILES string of the molecule is CC1c2c(-c3ccc(C=O)c4ccccc34)ccc(O)c2C(=O)C2C(=O)C3(O)C(=O)C(C(N)=O)C(=O)C(N(C)C)C3C(O)C21. The number of aliphatic hydroxyl groups excluding tert-OH is 1. The molecular weight excluding hydrogens is 568 g/mol. The Morgan fingerprint density at radius 2 is 1.59 bits per heavy atom. The number of Topliss-reactive ketones (excluding diaryl/α,β-unsaturated/α-hetero) is 4. The summed E-state index contributed by atoms with van der Waals surface area (Å²) in [6, 6.07) is 12.0. The van der Waals surface area contributed by atoms with E-state index in [0.717, 1.165) is 6.29 Å². The minimum absolute atomic E-state index is 0.197. The summed E-state index contributed by atoms with van der Waals surface area (Å²) in [5.74, 6) is -14.0. The Balaban J connectivity index is 1.60. The van der Waals surface area contributed by atoms with E-state index in [2.05, 4.69) is 0 Å². The van der Waals surface area contributed by atoms with Crippen LogP contribution < -0.4 is 5.73 Å². The van der Waals surface area contributed by atoms with Gasteiger partial charge in [-0.05, 0) is 53.5 Å². The van der Waals surface area contributed by atoms with Crippen LogP contribution in [0.25, 0.3) is 21.9 Å². The van der Waals surface area contributed by atoms with Crippen molar-refractivity contribution in [3.05, 3.63) is 65.2 Å². The second-order valence-electron chi connectivity index (χ2n) is 12.2. The van der Waals surface area contributed by atoms with Crippen molar-refractivity contribution in [2.24, 2.45) is 29.4 Å². The number of fused-ring (bicyclic) bond motifs is 4. The molecule has 6 rings (SSSR count). The van der Waals surface area contributed by atoms with Crippen LogP contribution >= 0.6 is 0 Å². The van der Waals surface area contributed by atoms with Crippen molar-refractivity contribution in [3.8, 4) is 16.9 Å². The summed E-state index contributed by atoms with van der Waals surface area (Å²) in [5, 5.41) is 36.1. The number of hydrogen-bond donors (Lipinski definition) is 4. The van der Waals surface area contributed by atoms with E-state index in [9.17, 15) is 44.1 Å². The number of ketones is 4. The number of rotatable bonds is 4. The molecule has 0 aromatic heterocycles. The van der Waals surface area contributed by atoms with Crippen LogP contribution in [0.3, 0.4) is 0 Å². The lowest BCUT2D eigenvalue weighted by Crippen LogP contribution is -2.77. The number of carbonyl (C=O) groups excluding carboxylic acids is 6. The van der Waals surface area contributed by atoms with Crippen LogP contribution in [-0.2, 0) is 19.2 Å². The van der Waals surface area contributed by atoms with Gasteiger partial charge in [0.2, 0.25) is 5.91 Å². The number of carbonyl (C=O) groups is 6. The number of aldehydes is 1. The lowest BCUT2D eigenvalue weighted by atomic mass is 9.49. The Bertz CT molecular complexity index is 1830. The number of nitrogens with zero attached hydrogens (tertiary/aromatic N) is 1. The lowest BCUT2D eigenvalue weighted by Gasteiger charge is -2.56. The molecule has 0 bridgehead atoms. The van der Waals surface area contributed by atoms with Crippen LogP contribution in [0, 0.1) is 23.7 Å². The van der Waals surface area contributed by atoms with Crippen molar-refractivity contribution in [2.75, 3.05) is 14.1 Å². The first-order valence-electron chi connectivity index (χ1n) is 14.1. The number of phenolic OH excluding ortho intramolecular Hbond substituents is 1. The monoisotopic (exact) mass is 598 g/mol. The van der Waals surface area contributed by atoms with E-state index in [1.165, 1.54) is 25.1 Å². The molecule has 0 radical (unpaired) electrons. The Labute approximate surface area is 251 Å². The maximum Gasteiger partial charge on any atom is 0.235 e. The van der Waals surface area contributed by atoms with Gasteiger partial charge in [0.05, 0.1) is 29.5 Å². The third-order valence-electron chi connectivity index (χ3n) is 9.84. The zero-order chi connectivity index (χ0) is 32.0. The third kappa shape index (κ3) is 3.66. The van der Waals surface area contributed by atoms with Gasteiger partial charge in [0, 0.05) is 11.5 Å². The summed E-state index contributed by atoms with van der Waals surface area (Å²) >= 11 is 0. The molecular formula is C33H30N2O9. The molecule has 44 heavy (non-hydrogen) atoms. The molecule has 0 aliphatic heterocycles. The zero-order valence-corrected chi connectivity index (χ0v) is 24.1. The number of benzene rings is 3. The van der Waals surface area contributed by atoms with Gasteiger partial charge in [-0.1, -0.05) is 49.4 Å². The Kier molecular flexibility index (Phi) is 6.69. The number of likely N-dealkylation sites (N-methyl/N-ethyl adjacent to an activating group) is 1. The highest BCUT2D eigenvalue weighted by molar-refractivity contribution is 6.32.